The SMILES string of the molecule is CC1CCCC(C)N1C(=O)CC(C)(C)C. The molecule has 0 aliphatic carbocycles. The Labute approximate surface area is 94.0 Å². The Morgan fingerprint density at radius 2 is 1.67 bits per heavy atom. The molecule has 2 unspecified atom stereocenters. The third-order valence-electron chi connectivity index (χ3n) is 3.16. The topological polar surface area (TPSA) is 20.3 Å². The van der Waals surface area contributed by atoms with E-state index in [2.05, 4.69) is 39.5 Å². The third-order valence-corrected chi connectivity index (χ3v) is 3.16. The van der Waals surface area contributed by atoms with Crippen LogP contribution in [0.25, 0.3) is 0 Å². The first-order valence-corrected chi connectivity index (χ1v) is 6.12. The van der Waals surface area contributed by atoms with Gasteiger partial charge in [0, 0.05) is 18.5 Å². The molecule has 1 amide bonds. The number of nitrogens with zero attached hydrogens (tertiary/aromatic N) is 1. The van der Waals surface area contributed by atoms with Gasteiger partial charge in [0.15, 0.2) is 0 Å². The first-order valence-electron chi connectivity index (χ1n) is 6.12. The minimum absolute atomic E-state index is 0.105. The summed E-state index contributed by atoms with van der Waals surface area (Å²) in [6.07, 6.45) is 4.27. The van der Waals surface area contributed by atoms with E-state index in [-0.39, 0.29) is 5.41 Å². The lowest BCUT2D eigenvalue weighted by Crippen LogP contribution is -2.48. The van der Waals surface area contributed by atoms with E-state index in [1.54, 1.807) is 0 Å². The van der Waals surface area contributed by atoms with E-state index >= 15 is 0 Å². The zero-order valence-electron chi connectivity index (χ0n) is 10.8. The highest BCUT2D eigenvalue weighted by molar-refractivity contribution is 5.77. The maximum absolute atomic E-state index is 12.2. The van der Waals surface area contributed by atoms with Crippen LogP contribution in [0.5, 0.6) is 0 Å². The quantitative estimate of drug-likeness (QED) is 0.652. The fourth-order valence-electron chi connectivity index (χ4n) is 2.46. The molecule has 1 rings (SSSR count). The fraction of sp³-hybridized carbons (Fsp3) is 0.923. The zero-order valence-corrected chi connectivity index (χ0v) is 10.8. The first kappa shape index (κ1) is 12.5. The molecule has 1 aliphatic rings. The van der Waals surface area contributed by atoms with Crippen LogP contribution < -0.4 is 0 Å². The number of hydrogen-bond acceptors (Lipinski definition) is 1. The number of likely N-dealkylation sites (tertiary alicyclic amines) is 1. The molecule has 0 aromatic heterocycles. The number of carbonyl (C=O) groups is 1. The lowest BCUT2D eigenvalue weighted by atomic mass is 9.89. The molecule has 2 heteroatoms. The molecular weight excluding hydrogens is 186 g/mol. The summed E-state index contributed by atoms with van der Waals surface area (Å²) in [5, 5.41) is 0. The van der Waals surface area contributed by atoms with E-state index in [4.69, 9.17) is 0 Å². The van der Waals surface area contributed by atoms with E-state index in [1.165, 1.54) is 19.3 Å². The van der Waals surface area contributed by atoms with Gasteiger partial charge in [0.05, 0.1) is 0 Å². The Morgan fingerprint density at radius 1 is 1.20 bits per heavy atom. The molecule has 88 valence electrons. The molecule has 0 spiro atoms. The van der Waals surface area contributed by atoms with Crippen LogP contribution in [0.15, 0.2) is 0 Å². The van der Waals surface area contributed by atoms with Crippen LogP contribution >= 0.6 is 0 Å². The smallest absolute Gasteiger partial charge is 0.223 e. The van der Waals surface area contributed by atoms with Gasteiger partial charge in [-0.2, -0.15) is 0 Å². The predicted octanol–water partition coefficient (Wildman–Crippen LogP) is 3.21. The Kier molecular flexibility index (Phi) is 3.80. The van der Waals surface area contributed by atoms with Crippen molar-refractivity contribution in [2.75, 3.05) is 0 Å². The molecule has 0 aromatic carbocycles. The Morgan fingerprint density at radius 3 is 2.07 bits per heavy atom. The van der Waals surface area contributed by atoms with Crippen molar-refractivity contribution in [1.82, 2.24) is 4.90 Å². The standard InChI is InChI=1S/C13H25NO/c1-10-7-6-8-11(2)14(10)12(15)9-13(3,4)5/h10-11H,6-9H2,1-5H3. The summed E-state index contributed by atoms with van der Waals surface area (Å²) in [6, 6.07) is 0.868. The van der Waals surface area contributed by atoms with Gasteiger partial charge in [-0.1, -0.05) is 20.8 Å². The highest BCUT2D eigenvalue weighted by Gasteiger charge is 2.30. The summed E-state index contributed by atoms with van der Waals surface area (Å²) < 4.78 is 0. The Hall–Kier alpha value is -0.530. The maximum atomic E-state index is 12.2. The lowest BCUT2D eigenvalue weighted by molar-refractivity contribution is -0.139. The van der Waals surface area contributed by atoms with Crippen molar-refractivity contribution in [1.29, 1.82) is 0 Å². The molecule has 1 heterocycles. The second-order valence-electron chi connectivity index (χ2n) is 6.17. The van der Waals surface area contributed by atoms with Crippen molar-refractivity contribution in [3.05, 3.63) is 0 Å². The van der Waals surface area contributed by atoms with Crippen molar-refractivity contribution in [3.8, 4) is 0 Å². The second kappa shape index (κ2) is 4.54. The minimum atomic E-state index is 0.105. The summed E-state index contributed by atoms with van der Waals surface area (Å²) in [5.41, 5.74) is 0.105. The van der Waals surface area contributed by atoms with Gasteiger partial charge in [-0.3, -0.25) is 4.79 Å². The van der Waals surface area contributed by atoms with Gasteiger partial charge in [0.25, 0.3) is 0 Å². The van der Waals surface area contributed by atoms with E-state index in [1.807, 2.05) is 0 Å². The van der Waals surface area contributed by atoms with Gasteiger partial charge in [-0.15, -0.1) is 0 Å². The molecule has 15 heavy (non-hydrogen) atoms. The Balaban J connectivity index is 2.64. The summed E-state index contributed by atoms with van der Waals surface area (Å²) in [6.45, 7) is 10.7. The maximum Gasteiger partial charge on any atom is 0.223 e. The fourth-order valence-corrected chi connectivity index (χ4v) is 2.46. The van der Waals surface area contributed by atoms with Crippen LogP contribution in [-0.2, 0) is 4.79 Å². The van der Waals surface area contributed by atoms with Crippen molar-refractivity contribution in [2.45, 2.75) is 72.4 Å². The van der Waals surface area contributed by atoms with E-state index < -0.39 is 0 Å². The number of rotatable bonds is 1. The first-order chi connectivity index (χ1) is 6.81. The van der Waals surface area contributed by atoms with Crippen LogP contribution in [0.2, 0.25) is 0 Å². The van der Waals surface area contributed by atoms with Gasteiger partial charge in [-0.05, 0) is 38.5 Å². The molecule has 1 aliphatic heterocycles. The van der Waals surface area contributed by atoms with Crippen LogP contribution in [-0.4, -0.2) is 22.9 Å². The summed E-state index contributed by atoms with van der Waals surface area (Å²) in [7, 11) is 0. The number of carbonyl (C=O) groups excluding carboxylic acids is 1. The minimum Gasteiger partial charge on any atom is -0.337 e. The molecule has 0 radical (unpaired) electrons. The molecule has 0 N–H and O–H groups in total. The van der Waals surface area contributed by atoms with Gasteiger partial charge >= 0.3 is 0 Å². The number of piperidine rings is 1. The molecule has 1 saturated heterocycles. The largest absolute Gasteiger partial charge is 0.337 e. The van der Waals surface area contributed by atoms with Crippen molar-refractivity contribution in [3.63, 3.8) is 0 Å². The van der Waals surface area contributed by atoms with Crippen LogP contribution in [0, 0.1) is 5.41 Å². The Bertz CT molecular complexity index is 219. The predicted molar refractivity (Wildman–Crippen MR) is 63.7 cm³/mol. The molecule has 0 aromatic rings. The molecule has 2 atom stereocenters. The summed E-state index contributed by atoms with van der Waals surface area (Å²) in [5.74, 6) is 0.335. The van der Waals surface area contributed by atoms with Gasteiger partial charge in [-0.25, -0.2) is 0 Å². The van der Waals surface area contributed by atoms with Crippen molar-refractivity contribution >= 4 is 5.91 Å². The zero-order chi connectivity index (χ0) is 11.6. The summed E-state index contributed by atoms with van der Waals surface area (Å²) >= 11 is 0. The van der Waals surface area contributed by atoms with Crippen molar-refractivity contribution in [2.24, 2.45) is 5.41 Å². The highest BCUT2D eigenvalue weighted by atomic mass is 16.2. The molecule has 2 nitrogen and oxygen atoms in total. The van der Waals surface area contributed by atoms with Gasteiger partial charge < -0.3 is 4.90 Å². The highest BCUT2D eigenvalue weighted by Crippen LogP contribution is 2.27. The molecular formula is C13H25NO. The number of hydrogen-bond donors (Lipinski definition) is 0. The van der Waals surface area contributed by atoms with Crippen LogP contribution in [0.3, 0.4) is 0 Å². The third kappa shape index (κ3) is 3.51. The normalized spacial score (nSPS) is 27.9. The molecule has 1 fully saturated rings. The van der Waals surface area contributed by atoms with E-state index in [0.717, 1.165) is 0 Å². The van der Waals surface area contributed by atoms with Crippen molar-refractivity contribution < 1.29 is 4.79 Å². The monoisotopic (exact) mass is 211 g/mol. The molecule has 0 saturated carbocycles. The van der Waals surface area contributed by atoms with Crippen LogP contribution in [0.1, 0.15) is 60.3 Å². The van der Waals surface area contributed by atoms with Gasteiger partial charge in [0.1, 0.15) is 0 Å². The van der Waals surface area contributed by atoms with E-state index in [0.29, 0.717) is 24.4 Å². The van der Waals surface area contributed by atoms with Crippen LogP contribution in [0.4, 0.5) is 0 Å². The van der Waals surface area contributed by atoms with E-state index in [9.17, 15) is 4.79 Å². The lowest BCUT2D eigenvalue weighted by Gasteiger charge is -2.40. The van der Waals surface area contributed by atoms with Gasteiger partial charge in [0.2, 0.25) is 5.91 Å². The summed E-state index contributed by atoms with van der Waals surface area (Å²) in [4.78, 5) is 14.3. The average Bonchev–Trinajstić information content (AvgIpc) is 1.99. The second-order valence-corrected chi connectivity index (χ2v) is 6.17. The number of amides is 1. The average molecular weight is 211 g/mol. The molecule has 0 bridgehead atoms.